The fourth-order valence-corrected chi connectivity index (χ4v) is 2.47. The molecule has 0 bridgehead atoms. The van der Waals surface area contributed by atoms with Crippen molar-refractivity contribution >= 4 is 31.4 Å². The van der Waals surface area contributed by atoms with Crippen molar-refractivity contribution in [3.63, 3.8) is 0 Å². The highest BCUT2D eigenvalue weighted by Crippen LogP contribution is 2.37. The number of hydrogen-bond acceptors (Lipinski definition) is 3. The lowest BCUT2D eigenvalue weighted by molar-refractivity contribution is 0.0833. The Bertz CT molecular complexity index is 453. The van der Waals surface area contributed by atoms with Gasteiger partial charge in [0.15, 0.2) is 32.8 Å². The maximum absolute atomic E-state index is 5.79. The van der Waals surface area contributed by atoms with Crippen molar-refractivity contribution in [1.82, 2.24) is 5.32 Å². The SMILES string of the molecule is BC(B)NC(CC)Cc1ccc2c(c1)OC(B)(B)O2. The van der Waals surface area contributed by atoms with Gasteiger partial charge in [0.25, 0.3) is 0 Å². The summed E-state index contributed by atoms with van der Waals surface area (Å²) in [5.74, 6) is 2.22. The molecule has 0 aromatic heterocycles. The molecule has 7 heteroatoms. The highest BCUT2D eigenvalue weighted by molar-refractivity contribution is 6.38. The van der Waals surface area contributed by atoms with Gasteiger partial charge in [0, 0.05) is 6.04 Å². The summed E-state index contributed by atoms with van der Waals surface area (Å²) in [5.41, 5.74) is 0.751. The van der Waals surface area contributed by atoms with E-state index >= 15 is 0 Å². The predicted molar refractivity (Wildman–Crippen MR) is 89.3 cm³/mol. The van der Waals surface area contributed by atoms with Crippen LogP contribution in [0.3, 0.4) is 0 Å². The summed E-state index contributed by atoms with van der Waals surface area (Å²) in [7, 11) is 8.24. The van der Waals surface area contributed by atoms with Gasteiger partial charge in [-0.15, -0.1) is 0 Å². The first-order chi connectivity index (χ1) is 8.89. The van der Waals surface area contributed by atoms with Crippen LogP contribution in [0.2, 0.25) is 0 Å². The molecule has 1 unspecified atom stereocenters. The first-order valence-corrected chi connectivity index (χ1v) is 7.16. The van der Waals surface area contributed by atoms with Crippen LogP contribution in [0.25, 0.3) is 0 Å². The maximum Gasteiger partial charge on any atom is 0.197 e. The third-order valence-corrected chi connectivity index (χ3v) is 3.26. The largest absolute Gasteiger partial charge is 0.467 e. The minimum atomic E-state index is -0.540. The Hall–Kier alpha value is -0.960. The van der Waals surface area contributed by atoms with E-state index in [1.807, 2.05) is 21.8 Å². The van der Waals surface area contributed by atoms with E-state index in [1.54, 1.807) is 0 Å². The molecule has 0 spiro atoms. The zero-order valence-electron chi connectivity index (χ0n) is 12.6. The molecule has 1 atom stereocenters. The summed E-state index contributed by atoms with van der Waals surface area (Å²) in [5, 5.41) is 3.59. The fraction of sp³-hybridized carbons (Fsp3) is 0.500. The smallest absolute Gasteiger partial charge is 0.197 e. The van der Waals surface area contributed by atoms with E-state index in [0.717, 1.165) is 24.3 Å². The first-order valence-electron chi connectivity index (χ1n) is 7.16. The molecule has 0 radical (unpaired) electrons. The van der Waals surface area contributed by atoms with Gasteiger partial charge in [-0.3, -0.25) is 0 Å². The zero-order valence-corrected chi connectivity index (χ0v) is 12.6. The molecule has 0 amide bonds. The summed E-state index contributed by atoms with van der Waals surface area (Å²) in [6.45, 7) is 2.22. The highest BCUT2D eigenvalue weighted by Gasteiger charge is 2.31. The van der Waals surface area contributed by atoms with Gasteiger partial charge < -0.3 is 14.8 Å². The number of benzene rings is 1. The molecular formula is C12H21B4NO2. The molecule has 1 aliphatic rings. The Morgan fingerprint density at radius 3 is 2.53 bits per heavy atom. The van der Waals surface area contributed by atoms with Crippen molar-refractivity contribution in [3.8, 4) is 11.5 Å². The molecule has 1 aromatic rings. The molecule has 1 heterocycles. The molecule has 19 heavy (non-hydrogen) atoms. The van der Waals surface area contributed by atoms with E-state index in [9.17, 15) is 0 Å². The Morgan fingerprint density at radius 1 is 1.21 bits per heavy atom. The Balaban J connectivity index is 2.07. The summed E-state index contributed by atoms with van der Waals surface area (Å²) in [6, 6.07) is 6.76. The predicted octanol–water partition coefficient (Wildman–Crippen LogP) is -2.20. The van der Waals surface area contributed by atoms with Gasteiger partial charge in [0.05, 0.1) is 0 Å². The number of fused-ring (bicyclic) bond motifs is 1. The van der Waals surface area contributed by atoms with Crippen LogP contribution in [0.15, 0.2) is 18.2 Å². The fourth-order valence-electron chi connectivity index (χ4n) is 2.47. The number of ether oxygens (including phenoxy) is 2. The molecule has 0 aliphatic carbocycles. The molecule has 3 nitrogen and oxygen atoms in total. The summed E-state index contributed by atoms with van der Waals surface area (Å²) < 4.78 is 11.5. The number of rotatable bonds is 5. The average Bonchev–Trinajstić information content (AvgIpc) is 2.60. The maximum atomic E-state index is 5.79. The van der Waals surface area contributed by atoms with Crippen LogP contribution < -0.4 is 14.8 Å². The van der Waals surface area contributed by atoms with Crippen LogP contribution in [-0.4, -0.2) is 48.9 Å². The second-order valence-electron chi connectivity index (χ2n) is 6.02. The zero-order chi connectivity index (χ0) is 14.0. The van der Waals surface area contributed by atoms with Gasteiger partial charge in [-0.05, 0) is 30.5 Å². The third kappa shape index (κ3) is 3.75. The lowest BCUT2D eigenvalue weighted by Crippen LogP contribution is -2.39. The van der Waals surface area contributed by atoms with Crippen LogP contribution in [0, 0.1) is 0 Å². The quantitative estimate of drug-likeness (QED) is 0.605. The van der Waals surface area contributed by atoms with Crippen molar-refractivity contribution in [3.05, 3.63) is 23.8 Å². The van der Waals surface area contributed by atoms with Gasteiger partial charge in [0.2, 0.25) is 0 Å². The van der Waals surface area contributed by atoms with Gasteiger partial charge in [0.1, 0.15) is 15.7 Å². The Labute approximate surface area is 119 Å². The van der Waals surface area contributed by atoms with Gasteiger partial charge in [-0.2, -0.15) is 0 Å². The standard InChI is InChI=1S/C12H21B4NO2/c1-2-8(17-11(13)14)5-7-3-4-9-10(6-7)19-12(15,16)18-9/h3-4,6,8,11,17H,2,5,13-16H2,1H3. The van der Waals surface area contributed by atoms with Gasteiger partial charge >= 0.3 is 0 Å². The van der Waals surface area contributed by atoms with E-state index in [0.29, 0.717) is 11.9 Å². The Kier molecular flexibility index (Phi) is 4.24. The molecular weight excluding hydrogens is 233 g/mol. The lowest BCUT2D eigenvalue weighted by atomic mass is 9.76. The molecule has 0 saturated carbocycles. The third-order valence-electron chi connectivity index (χ3n) is 3.26. The normalized spacial score (nSPS) is 17.6. The highest BCUT2D eigenvalue weighted by atomic mass is 16.7. The van der Waals surface area contributed by atoms with Crippen LogP contribution >= 0.6 is 0 Å². The van der Waals surface area contributed by atoms with Crippen molar-refractivity contribution in [2.24, 2.45) is 0 Å². The van der Waals surface area contributed by atoms with Crippen molar-refractivity contribution in [2.45, 2.75) is 37.2 Å². The van der Waals surface area contributed by atoms with Crippen molar-refractivity contribution < 1.29 is 9.47 Å². The van der Waals surface area contributed by atoms with E-state index in [4.69, 9.17) is 9.47 Å². The minimum absolute atomic E-state index is 0.508. The first kappa shape index (κ1) is 14.4. The topological polar surface area (TPSA) is 30.5 Å². The van der Waals surface area contributed by atoms with Crippen molar-refractivity contribution in [1.29, 1.82) is 0 Å². The molecule has 0 fully saturated rings. The number of hydrogen-bond donors (Lipinski definition) is 1. The number of nitrogens with one attached hydrogen (secondary N) is 1. The minimum Gasteiger partial charge on any atom is -0.467 e. The van der Waals surface area contributed by atoms with Gasteiger partial charge in [-0.25, -0.2) is 0 Å². The summed E-state index contributed by atoms with van der Waals surface area (Å²) in [6.07, 6.45) is 2.14. The lowest BCUT2D eigenvalue weighted by Gasteiger charge is -2.20. The van der Waals surface area contributed by atoms with E-state index in [-0.39, 0.29) is 0 Å². The molecule has 2 rings (SSSR count). The summed E-state index contributed by atoms with van der Waals surface area (Å²) >= 11 is 0. The molecule has 1 N–H and O–H groups in total. The van der Waals surface area contributed by atoms with Crippen molar-refractivity contribution in [2.75, 3.05) is 0 Å². The molecule has 0 saturated heterocycles. The second-order valence-corrected chi connectivity index (χ2v) is 6.02. The molecule has 1 aliphatic heterocycles. The van der Waals surface area contributed by atoms with Crippen LogP contribution in [0.1, 0.15) is 18.9 Å². The van der Waals surface area contributed by atoms with Gasteiger partial charge in [-0.1, -0.05) is 18.8 Å². The molecule has 98 valence electrons. The monoisotopic (exact) mass is 255 g/mol. The van der Waals surface area contributed by atoms with E-state index < -0.39 is 5.59 Å². The Morgan fingerprint density at radius 2 is 1.89 bits per heavy atom. The van der Waals surface area contributed by atoms with E-state index in [1.165, 1.54) is 5.56 Å². The van der Waals surface area contributed by atoms with Crippen LogP contribution in [0.5, 0.6) is 11.5 Å². The van der Waals surface area contributed by atoms with Crippen LogP contribution in [0.4, 0.5) is 0 Å². The average molecular weight is 255 g/mol. The summed E-state index contributed by atoms with van der Waals surface area (Å²) in [4.78, 5) is 0. The molecule has 1 aromatic carbocycles. The van der Waals surface area contributed by atoms with Crippen LogP contribution in [-0.2, 0) is 6.42 Å². The second kappa shape index (κ2) is 5.58. The van der Waals surface area contributed by atoms with E-state index in [2.05, 4.69) is 40.1 Å².